The van der Waals surface area contributed by atoms with Crippen molar-refractivity contribution in [3.63, 3.8) is 0 Å². The van der Waals surface area contributed by atoms with Crippen LogP contribution in [0, 0.1) is 6.92 Å². The fourth-order valence-electron chi connectivity index (χ4n) is 1.85. The quantitative estimate of drug-likeness (QED) is 0.863. The summed E-state index contributed by atoms with van der Waals surface area (Å²) in [5.74, 6) is 0.260. The SMILES string of the molecule is Cc1cnc(C(C)NC(C(=O)O)c2ccccc2)o1. The molecular weight excluding hydrogens is 244 g/mol. The zero-order valence-electron chi connectivity index (χ0n) is 10.8. The molecule has 0 saturated heterocycles. The Morgan fingerprint density at radius 2 is 2.05 bits per heavy atom. The number of rotatable bonds is 5. The van der Waals surface area contributed by atoms with Gasteiger partial charge >= 0.3 is 5.97 Å². The van der Waals surface area contributed by atoms with Crippen LogP contribution in [-0.2, 0) is 4.79 Å². The molecule has 0 aliphatic rings. The second-order valence-corrected chi connectivity index (χ2v) is 4.38. The van der Waals surface area contributed by atoms with Crippen LogP contribution < -0.4 is 5.32 Å². The smallest absolute Gasteiger partial charge is 0.325 e. The normalized spacial score (nSPS) is 14.0. The van der Waals surface area contributed by atoms with E-state index >= 15 is 0 Å². The van der Waals surface area contributed by atoms with Crippen molar-refractivity contribution < 1.29 is 14.3 Å². The molecule has 0 bridgehead atoms. The molecule has 100 valence electrons. The first-order chi connectivity index (χ1) is 9.08. The molecule has 0 amide bonds. The number of benzene rings is 1. The zero-order valence-corrected chi connectivity index (χ0v) is 10.8. The third-order valence-corrected chi connectivity index (χ3v) is 2.81. The van der Waals surface area contributed by atoms with Crippen molar-refractivity contribution in [3.8, 4) is 0 Å². The van der Waals surface area contributed by atoms with E-state index in [1.54, 1.807) is 25.3 Å². The molecule has 1 aromatic carbocycles. The number of hydrogen-bond acceptors (Lipinski definition) is 4. The molecule has 19 heavy (non-hydrogen) atoms. The first-order valence-corrected chi connectivity index (χ1v) is 6.04. The van der Waals surface area contributed by atoms with Gasteiger partial charge in [-0.25, -0.2) is 4.98 Å². The number of aryl methyl sites for hydroxylation is 1. The lowest BCUT2D eigenvalue weighted by atomic mass is 10.1. The Bertz CT molecular complexity index is 551. The van der Waals surface area contributed by atoms with Gasteiger partial charge in [-0.3, -0.25) is 10.1 Å². The highest BCUT2D eigenvalue weighted by Crippen LogP contribution is 2.19. The van der Waals surface area contributed by atoms with Crippen molar-refractivity contribution >= 4 is 5.97 Å². The molecule has 5 heteroatoms. The van der Waals surface area contributed by atoms with E-state index in [-0.39, 0.29) is 6.04 Å². The van der Waals surface area contributed by atoms with Crippen LogP contribution in [0.25, 0.3) is 0 Å². The molecule has 2 rings (SSSR count). The molecule has 0 saturated carbocycles. The van der Waals surface area contributed by atoms with E-state index in [1.165, 1.54) is 0 Å². The number of nitrogens with zero attached hydrogens (tertiary/aromatic N) is 1. The maximum atomic E-state index is 11.4. The highest BCUT2D eigenvalue weighted by molar-refractivity contribution is 5.75. The van der Waals surface area contributed by atoms with Crippen LogP contribution in [0.2, 0.25) is 0 Å². The Labute approximate surface area is 111 Å². The summed E-state index contributed by atoms with van der Waals surface area (Å²) >= 11 is 0. The van der Waals surface area contributed by atoms with Crippen molar-refractivity contribution in [1.82, 2.24) is 10.3 Å². The maximum absolute atomic E-state index is 11.4. The van der Waals surface area contributed by atoms with E-state index in [0.717, 1.165) is 0 Å². The van der Waals surface area contributed by atoms with Crippen LogP contribution in [0.5, 0.6) is 0 Å². The molecule has 0 radical (unpaired) electrons. The van der Waals surface area contributed by atoms with Crippen molar-refractivity contribution in [3.05, 3.63) is 53.7 Å². The summed E-state index contributed by atoms with van der Waals surface area (Å²) in [4.78, 5) is 15.5. The largest absolute Gasteiger partial charge is 0.480 e. The molecular formula is C14H16N2O3. The van der Waals surface area contributed by atoms with Gasteiger partial charge in [-0.2, -0.15) is 0 Å². The van der Waals surface area contributed by atoms with Crippen LogP contribution in [0.1, 0.15) is 36.2 Å². The molecule has 0 fully saturated rings. The Balaban J connectivity index is 2.16. The topological polar surface area (TPSA) is 75.4 Å². The average molecular weight is 260 g/mol. The number of aromatic nitrogens is 1. The van der Waals surface area contributed by atoms with Gasteiger partial charge in [0.2, 0.25) is 5.89 Å². The van der Waals surface area contributed by atoms with E-state index < -0.39 is 12.0 Å². The lowest BCUT2D eigenvalue weighted by Crippen LogP contribution is -2.30. The Kier molecular flexibility index (Phi) is 3.97. The van der Waals surface area contributed by atoms with Crippen LogP contribution in [0.3, 0.4) is 0 Å². The molecule has 2 N–H and O–H groups in total. The van der Waals surface area contributed by atoms with Crippen molar-refractivity contribution in [2.75, 3.05) is 0 Å². The number of carboxylic acids is 1. The summed E-state index contributed by atoms with van der Waals surface area (Å²) < 4.78 is 5.40. The second kappa shape index (κ2) is 5.67. The fraction of sp³-hybridized carbons (Fsp3) is 0.286. The van der Waals surface area contributed by atoms with Crippen LogP contribution in [0.4, 0.5) is 0 Å². The minimum atomic E-state index is -0.929. The minimum Gasteiger partial charge on any atom is -0.480 e. The molecule has 0 aliphatic heterocycles. The van der Waals surface area contributed by atoms with Crippen molar-refractivity contribution in [2.24, 2.45) is 0 Å². The fourth-order valence-corrected chi connectivity index (χ4v) is 1.85. The van der Waals surface area contributed by atoms with E-state index in [0.29, 0.717) is 17.2 Å². The molecule has 1 aromatic heterocycles. The number of aliphatic carboxylic acids is 1. The lowest BCUT2D eigenvalue weighted by Gasteiger charge is -2.18. The summed E-state index contributed by atoms with van der Waals surface area (Å²) in [5.41, 5.74) is 0.699. The standard InChI is InChI=1S/C14H16N2O3/c1-9-8-15-13(19-9)10(2)16-12(14(17)18)11-6-4-3-5-7-11/h3-8,10,12,16H,1-2H3,(H,17,18). The molecule has 2 aromatic rings. The van der Waals surface area contributed by atoms with Gasteiger partial charge in [0.25, 0.3) is 0 Å². The Hall–Kier alpha value is -2.14. The van der Waals surface area contributed by atoms with E-state index in [4.69, 9.17) is 4.42 Å². The number of hydrogen-bond donors (Lipinski definition) is 2. The van der Waals surface area contributed by atoms with Gasteiger partial charge in [0.05, 0.1) is 12.2 Å². The van der Waals surface area contributed by atoms with Crippen LogP contribution in [0.15, 0.2) is 40.9 Å². The minimum absolute atomic E-state index is 0.282. The zero-order chi connectivity index (χ0) is 13.8. The first kappa shape index (κ1) is 13.3. The van der Waals surface area contributed by atoms with Gasteiger partial charge in [-0.05, 0) is 19.4 Å². The molecule has 5 nitrogen and oxygen atoms in total. The number of carbonyl (C=O) groups is 1. The first-order valence-electron chi connectivity index (χ1n) is 6.04. The summed E-state index contributed by atoms with van der Waals surface area (Å²) in [6, 6.07) is 7.96. The number of nitrogens with one attached hydrogen (secondary N) is 1. The summed E-state index contributed by atoms with van der Waals surface area (Å²) in [5, 5.41) is 12.3. The van der Waals surface area contributed by atoms with Crippen LogP contribution >= 0.6 is 0 Å². The Morgan fingerprint density at radius 3 is 2.58 bits per heavy atom. The second-order valence-electron chi connectivity index (χ2n) is 4.38. The van der Waals surface area contributed by atoms with Gasteiger partial charge in [-0.1, -0.05) is 30.3 Å². The average Bonchev–Trinajstić information content (AvgIpc) is 2.83. The summed E-state index contributed by atoms with van der Waals surface area (Å²) in [6.07, 6.45) is 1.62. The van der Waals surface area contributed by atoms with E-state index in [1.807, 2.05) is 25.1 Å². The summed E-state index contributed by atoms with van der Waals surface area (Å²) in [7, 11) is 0. The number of carboxylic acid groups (broad SMARTS) is 1. The maximum Gasteiger partial charge on any atom is 0.325 e. The predicted molar refractivity (Wildman–Crippen MR) is 69.6 cm³/mol. The van der Waals surface area contributed by atoms with Gasteiger partial charge in [0.1, 0.15) is 11.8 Å². The molecule has 0 aliphatic carbocycles. The molecule has 0 spiro atoms. The summed E-state index contributed by atoms with van der Waals surface area (Å²) in [6.45, 7) is 3.62. The van der Waals surface area contributed by atoms with Gasteiger partial charge in [0, 0.05) is 0 Å². The monoisotopic (exact) mass is 260 g/mol. The van der Waals surface area contributed by atoms with Crippen molar-refractivity contribution in [1.29, 1.82) is 0 Å². The van der Waals surface area contributed by atoms with Gasteiger partial charge < -0.3 is 9.52 Å². The van der Waals surface area contributed by atoms with E-state index in [9.17, 15) is 9.90 Å². The molecule has 2 unspecified atom stereocenters. The third kappa shape index (κ3) is 3.20. The van der Waals surface area contributed by atoms with Crippen molar-refractivity contribution in [2.45, 2.75) is 25.9 Å². The third-order valence-electron chi connectivity index (χ3n) is 2.81. The lowest BCUT2D eigenvalue weighted by molar-refractivity contribution is -0.139. The number of oxazole rings is 1. The van der Waals surface area contributed by atoms with Crippen LogP contribution in [-0.4, -0.2) is 16.1 Å². The molecule has 1 heterocycles. The molecule has 2 atom stereocenters. The van der Waals surface area contributed by atoms with Gasteiger partial charge in [-0.15, -0.1) is 0 Å². The predicted octanol–water partition coefficient (Wildman–Crippen LogP) is 2.46. The highest BCUT2D eigenvalue weighted by atomic mass is 16.4. The van der Waals surface area contributed by atoms with E-state index in [2.05, 4.69) is 10.3 Å². The highest BCUT2D eigenvalue weighted by Gasteiger charge is 2.23. The Morgan fingerprint density at radius 1 is 1.37 bits per heavy atom. The van der Waals surface area contributed by atoms with Gasteiger partial charge in [0.15, 0.2) is 0 Å².